The molecule has 18 heavy (non-hydrogen) atoms. The fourth-order valence-electron chi connectivity index (χ4n) is 1.75. The Bertz CT molecular complexity index is 481. The van der Waals surface area contributed by atoms with E-state index in [0.717, 1.165) is 0 Å². The number of benzene rings is 1. The highest BCUT2D eigenvalue weighted by Crippen LogP contribution is 2.19. The van der Waals surface area contributed by atoms with Crippen molar-refractivity contribution in [2.75, 3.05) is 18.5 Å². The smallest absolute Gasteiger partial charge is 0.335 e. The van der Waals surface area contributed by atoms with E-state index >= 15 is 0 Å². The number of ether oxygens (including phenoxy) is 1. The number of carboxylic acid groups (broad SMARTS) is 1. The van der Waals surface area contributed by atoms with Gasteiger partial charge in [0.05, 0.1) is 12.2 Å². The minimum Gasteiger partial charge on any atom is -0.478 e. The average Bonchev–Trinajstić information content (AvgIpc) is 2.78. The van der Waals surface area contributed by atoms with Crippen molar-refractivity contribution in [1.82, 2.24) is 0 Å². The van der Waals surface area contributed by atoms with E-state index in [2.05, 4.69) is 5.32 Å². The molecule has 1 aliphatic heterocycles. The van der Waals surface area contributed by atoms with Gasteiger partial charge in [0.2, 0.25) is 5.91 Å². The summed E-state index contributed by atoms with van der Waals surface area (Å²) >= 11 is 0. The predicted molar refractivity (Wildman–Crippen MR) is 64.4 cm³/mol. The number of nitrogens with two attached hydrogens (primary N) is 1. The first kappa shape index (κ1) is 12.5. The van der Waals surface area contributed by atoms with Crippen LogP contribution in [0.15, 0.2) is 24.3 Å². The van der Waals surface area contributed by atoms with Crippen LogP contribution >= 0.6 is 0 Å². The van der Waals surface area contributed by atoms with Crippen LogP contribution < -0.4 is 11.1 Å². The van der Waals surface area contributed by atoms with Gasteiger partial charge in [-0.15, -0.1) is 0 Å². The van der Waals surface area contributed by atoms with Crippen LogP contribution in [0.3, 0.4) is 0 Å². The molecule has 0 spiro atoms. The summed E-state index contributed by atoms with van der Waals surface area (Å²) in [6, 6.07) is 6.02. The number of anilines is 1. The average molecular weight is 250 g/mol. The molecule has 2 rings (SSSR count). The number of hydrogen-bond acceptors (Lipinski definition) is 4. The topological polar surface area (TPSA) is 102 Å². The van der Waals surface area contributed by atoms with Crippen LogP contribution in [0.4, 0.5) is 5.69 Å². The number of carboxylic acids is 1. The van der Waals surface area contributed by atoms with Crippen LogP contribution in [0.1, 0.15) is 16.8 Å². The van der Waals surface area contributed by atoms with Gasteiger partial charge >= 0.3 is 5.97 Å². The number of nitrogens with one attached hydrogen (secondary N) is 1. The summed E-state index contributed by atoms with van der Waals surface area (Å²) in [6.45, 7) is 0.635. The zero-order valence-corrected chi connectivity index (χ0v) is 9.68. The molecule has 1 aliphatic rings. The molecule has 4 N–H and O–H groups in total. The largest absolute Gasteiger partial charge is 0.478 e. The highest BCUT2D eigenvalue weighted by Gasteiger charge is 2.38. The lowest BCUT2D eigenvalue weighted by atomic mass is 9.99. The van der Waals surface area contributed by atoms with Gasteiger partial charge in [0, 0.05) is 12.3 Å². The Kier molecular flexibility index (Phi) is 3.31. The molecule has 0 saturated carbocycles. The Morgan fingerprint density at radius 1 is 1.44 bits per heavy atom. The zero-order valence-electron chi connectivity index (χ0n) is 9.68. The molecular formula is C12H14N2O4. The van der Waals surface area contributed by atoms with Crippen LogP contribution in [0.5, 0.6) is 0 Å². The minimum absolute atomic E-state index is 0.113. The summed E-state index contributed by atoms with van der Waals surface area (Å²) in [5.41, 5.74) is 5.39. The minimum atomic E-state index is -1.04. The second-order valence-electron chi connectivity index (χ2n) is 4.30. The Morgan fingerprint density at radius 2 is 2.22 bits per heavy atom. The maximum absolute atomic E-state index is 12.0. The molecule has 1 aromatic rings. The Hall–Kier alpha value is -1.92. The maximum atomic E-state index is 12.0. The Balaban J connectivity index is 2.11. The molecule has 6 heteroatoms. The molecule has 96 valence electrons. The van der Waals surface area contributed by atoms with Crippen molar-refractivity contribution in [1.29, 1.82) is 0 Å². The number of hydrogen-bond donors (Lipinski definition) is 3. The summed E-state index contributed by atoms with van der Waals surface area (Å²) < 4.78 is 5.10. The summed E-state index contributed by atoms with van der Waals surface area (Å²) in [5.74, 6) is -1.40. The molecule has 0 radical (unpaired) electrons. The van der Waals surface area contributed by atoms with E-state index < -0.39 is 11.5 Å². The number of rotatable bonds is 3. The molecule has 1 heterocycles. The second kappa shape index (κ2) is 4.75. The SMILES string of the molecule is NC1(C(=O)Nc2cccc(C(=O)O)c2)CCOC1. The standard InChI is InChI=1S/C12H14N2O4/c13-12(4-5-18-7-12)11(17)14-9-3-1-2-8(6-9)10(15)16/h1-3,6H,4-5,7,13H2,(H,14,17)(H,15,16). The Labute approximate surface area is 104 Å². The van der Waals surface area contributed by atoms with E-state index in [-0.39, 0.29) is 18.1 Å². The van der Waals surface area contributed by atoms with Crippen molar-refractivity contribution in [2.24, 2.45) is 5.73 Å². The van der Waals surface area contributed by atoms with E-state index in [1.165, 1.54) is 12.1 Å². The molecule has 1 unspecified atom stereocenters. The lowest BCUT2D eigenvalue weighted by Gasteiger charge is -2.20. The fraction of sp³-hybridized carbons (Fsp3) is 0.333. The van der Waals surface area contributed by atoms with Crippen molar-refractivity contribution < 1.29 is 19.4 Å². The van der Waals surface area contributed by atoms with Crippen molar-refractivity contribution in [3.8, 4) is 0 Å². The number of carbonyl (C=O) groups excluding carboxylic acids is 1. The fourth-order valence-corrected chi connectivity index (χ4v) is 1.75. The number of amides is 1. The second-order valence-corrected chi connectivity index (χ2v) is 4.30. The Morgan fingerprint density at radius 3 is 2.83 bits per heavy atom. The quantitative estimate of drug-likeness (QED) is 0.722. The van der Waals surface area contributed by atoms with Gasteiger partial charge in [-0.3, -0.25) is 4.79 Å². The zero-order chi connectivity index (χ0) is 13.2. The van der Waals surface area contributed by atoms with Crippen LogP contribution in [-0.4, -0.2) is 35.7 Å². The van der Waals surface area contributed by atoms with E-state index in [1.807, 2.05) is 0 Å². The van der Waals surface area contributed by atoms with Crippen molar-refractivity contribution in [3.63, 3.8) is 0 Å². The molecule has 0 aliphatic carbocycles. The summed E-state index contributed by atoms with van der Waals surface area (Å²) in [5, 5.41) is 11.5. The van der Waals surface area contributed by atoms with Gasteiger partial charge in [0.1, 0.15) is 5.54 Å². The van der Waals surface area contributed by atoms with Gasteiger partial charge in [-0.1, -0.05) is 6.07 Å². The van der Waals surface area contributed by atoms with Crippen molar-refractivity contribution in [3.05, 3.63) is 29.8 Å². The van der Waals surface area contributed by atoms with E-state index in [9.17, 15) is 9.59 Å². The van der Waals surface area contributed by atoms with Gasteiger partial charge < -0.3 is 20.9 Å². The van der Waals surface area contributed by atoms with Crippen LogP contribution in [0, 0.1) is 0 Å². The van der Waals surface area contributed by atoms with Gasteiger partial charge in [0.15, 0.2) is 0 Å². The molecular weight excluding hydrogens is 236 g/mol. The monoisotopic (exact) mass is 250 g/mol. The third-order valence-corrected chi connectivity index (χ3v) is 2.87. The summed E-state index contributed by atoms with van der Waals surface area (Å²) in [4.78, 5) is 22.8. The van der Waals surface area contributed by atoms with Crippen LogP contribution in [0.25, 0.3) is 0 Å². The molecule has 0 aromatic heterocycles. The predicted octanol–water partition coefficient (Wildman–Crippen LogP) is 0.441. The summed E-state index contributed by atoms with van der Waals surface area (Å²) in [7, 11) is 0. The lowest BCUT2D eigenvalue weighted by molar-refractivity contribution is -0.121. The van der Waals surface area contributed by atoms with Crippen molar-refractivity contribution >= 4 is 17.6 Å². The first-order valence-corrected chi connectivity index (χ1v) is 5.53. The normalized spacial score (nSPS) is 22.7. The third-order valence-electron chi connectivity index (χ3n) is 2.87. The van der Waals surface area contributed by atoms with E-state index in [1.54, 1.807) is 12.1 Å². The molecule has 1 saturated heterocycles. The molecule has 0 bridgehead atoms. The lowest BCUT2D eigenvalue weighted by Crippen LogP contribution is -2.51. The van der Waals surface area contributed by atoms with Gasteiger partial charge in [0.25, 0.3) is 0 Å². The molecule has 1 fully saturated rings. The molecule has 1 aromatic carbocycles. The first-order chi connectivity index (χ1) is 8.51. The number of carbonyl (C=O) groups is 2. The highest BCUT2D eigenvalue weighted by molar-refractivity contribution is 5.99. The number of aromatic carboxylic acids is 1. The molecule has 6 nitrogen and oxygen atoms in total. The van der Waals surface area contributed by atoms with E-state index in [4.69, 9.17) is 15.6 Å². The van der Waals surface area contributed by atoms with E-state index in [0.29, 0.717) is 18.7 Å². The van der Waals surface area contributed by atoms with Crippen LogP contribution in [-0.2, 0) is 9.53 Å². The molecule has 1 atom stereocenters. The maximum Gasteiger partial charge on any atom is 0.335 e. The van der Waals surface area contributed by atoms with Gasteiger partial charge in [-0.2, -0.15) is 0 Å². The molecule has 1 amide bonds. The van der Waals surface area contributed by atoms with Crippen LogP contribution in [0.2, 0.25) is 0 Å². The first-order valence-electron chi connectivity index (χ1n) is 5.53. The highest BCUT2D eigenvalue weighted by atomic mass is 16.5. The van der Waals surface area contributed by atoms with Gasteiger partial charge in [-0.25, -0.2) is 4.79 Å². The van der Waals surface area contributed by atoms with Gasteiger partial charge in [-0.05, 0) is 24.6 Å². The van der Waals surface area contributed by atoms with Crippen molar-refractivity contribution in [2.45, 2.75) is 12.0 Å². The third kappa shape index (κ3) is 2.49. The summed E-state index contributed by atoms with van der Waals surface area (Å²) in [6.07, 6.45) is 0.456.